The molecule has 14 heavy (non-hydrogen) atoms. The number of imidazole rings is 1. The molecule has 0 fully saturated rings. The predicted molar refractivity (Wildman–Crippen MR) is 48.6 cm³/mol. The van der Waals surface area contributed by atoms with Crippen LogP contribution in [-0.2, 0) is 7.05 Å². The van der Waals surface area contributed by atoms with Crippen molar-refractivity contribution in [3.63, 3.8) is 0 Å². The molecule has 0 unspecified atom stereocenters. The summed E-state index contributed by atoms with van der Waals surface area (Å²) in [6.07, 6.45) is 6.39. The van der Waals surface area contributed by atoms with Crippen LogP contribution in [0.25, 0.3) is 11.0 Å². The minimum absolute atomic E-state index is 0.0989. The average molecular weight is 192 g/mol. The average Bonchev–Trinajstić information content (AvgIpc) is 2.49. The number of rotatable bonds is 0. The van der Waals surface area contributed by atoms with E-state index in [1.165, 1.54) is 17.0 Å². The first-order valence-electron chi connectivity index (χ1n) is 3.90. The van der Waals surface area contributed by atoms with E-state index in [1.54, 1.807) is 7.05 Å². The number of terminal acetylenes is 1. The molecule has 0 atom stereocenters. The van der Waals surface area contributed by atoms with E-state index in [0.29, 0.717) is 5.52 Å². The molecule has 0 saturated carbocycles. The molecule has 0 N–H and O–H groups in total. The largest absolute Gasteiger partial charge is 0.334 e. The maximum Gasteiger partial charge on any atom is 0.169 e. The molecule has 1 aromatic heterocycles. The number of halogens is 2. The van der Waals surface area contributed by atoms with Gasteiger partial charge in [-0.15, -0.1) is 6.42 Å². The number of benzene rings is 1. The number of aromatic nitrogens is 2. The van der Waals surface area contributed by atoms with Gasteiger partial charge < -0.3 is 4.57 Å². The van der Waals surface area contributed by atoms with E-state index >= 15 is 0 Å². The second-order valence-electron chi connectivity index (χ2n) is 2.91. The van der Waals surface area contributed by atoms with Gasteiger partial charge in [0.2, 0.25) is 0 Å². The van der Waals surface area contributed by atoms with Crippen molar-refractivity contribution in [3.05, 3.63) is 29.6 Å². The minimum atomic E-state index is -0.775. The lowest BCUT2D eigenvalue weighted by Gasteiger charge is -1.99. The van der Waals surface area contributed by atoms with Gasteiger partial charge in [-0.25, -0.2) is 13.8 Å². The van der Waals surface area contributed by atoms with E-state index in [-0.39, 0.29) is 11.1 Å². The number of nitrogens with zero attached hydrogens (tertiary/aromatic N) is 2. The predicted octanol–water partition coefficient (Wildman–Crippen LogP) is 1.83. The number of fused-ring (bicyclic) bond motifs is 1. The lowest BCUT2D eigenvalue weighted by Crippen LogP contribution is -1.93. The van der Waals surface area contributed by atoms with Crippen molar-refractivity contribution in [1.29, 1.82) is 0 Å². The fourth-order valence-electron chi connectivity index (χ4n) is 1.33. The molecule has 0 aliphatic heterocycles. The van der Waals surface area contributed by atoms with Crippen LogP contribution in [0.15, 0.2) is 12.4 Å². The highest BCUT2D eigenvalue weighted by molar-refractivity contribution is 5.78. The van der Waals surface area contributed by atoms with Gasteiger partial charge in [-0.05, 0) is 0 Å². The van der Waals surface area contributed by atoms with Gasteiger partial charge in [0.15, 0.2) is 5.82 Å². The molecular weight excluding hydrogens is 186 g/mol. The van der Waals surface area contributed by atoms with E-state index in [9.17, 15) is 8.78 Å². The Labute approximate surface area is 79.2 Å². The molecule has 0 aliphatic carbocycles. The Morgan fingerprint density at radius 3 is 2.86 bits per heavy atom. The van der Waals surface area contributed by atoms with Crippen molar-refractivity contribution < 1.29 is 8.78 Å². The zero-order chi connectivity index (χ0) is 10.3. The second kappa shape index (κ2) is 2.81. The fourth-order valence-corrected chi connectivity index (χ4v) is 1.33. The molecule has 0 amide bonds. The molecule has 0 spiro atoms. The molecule has 2 nitrogen and oxygen atoms in total. The summed E-state index contributed by atoms with van der Waals surface area (Å²) in [5, 5.41) is 0. The van der Waals surface area contributed by atoms with Crippen molar-refractivity contribution in [2.24, 2.45) is 7.05 Å². The van der Waals surface area contributed by atoms with Gasteiger partial charge in [-0.1, -0.05) is 5.92 Å². The van der Waals surface area contributed by atoms with Crippen molar-refractivity contribution in [3.8, 4) is 12.3 Å². The Bertz CT molecular complexity index is 549. The Morgan fingerprint density at radius 1 is 1.50 bits per heavy atom. The molecule has 1 heterocycles. The highest BCUT2D eigenvalue weighted by atomic mass is 19.1. The summed E-state index contributed by atoms with van der Waals surface area (Å²) in [7, 11) is 1.66. The standard InChI is InChI=1S/C10H6F2N2/c1-3-6-7(11)4-8-10(9(6)12)13-5-14(8)2/h1,4-5H,2H3. The first-order valence-corrected chi connectivity index (χ1v) is 3.90. The van der Waals surface area contributed by atoms with Crippen LogP contribution in [0.3, 0.4) is 0 Å². The van der Waals surface area contributed by atoms with Crippen molar-refractivity contribution in [2.75, 3.05) is 0 Å². The smallest absolute Gasteiger partial charge is 0.169 e. The van der Waals surface area contributed by atoms with Crippen molar-refractivity contribution in [2.45, 2.75) is 0 Å². The summed E-state index contributed by atoms with van der Waals surface area (Å²) >= 11 is 0. The number of hydrogen-bond acceptors (Lipinski definition) is 1. The van der Waals surface area contributed by atoms with Gasteiger partial charge in [-0.3, -0.25) is 0 Å². The molecule has 1 aromatic carbocycles. The zero-order valence-electron chi connectivity index (χ0n) is 7.38. The first kappa shape index (κ1) is 8.70. The van der Waals surface area contributed by atoms with Crippen LogP contribution in [0.4, 0.5) is 8.78 Å². The Balaban J connectivity index is 2.96. The van der Waals surface area contributed by atoms with Crippen molar-refractivity contribution >= 4 is 11.0 Å². The highest BCUT2D eigenvalue weighted by Crippen LogP contribution is 2.21. The molecule has 0 bridgehead atoms. The zero-order valence-corrected chi connectivity index (χ0v) is 7.38. The quantitative estimate of drug-likeness (QED) is 0.582. The SMILES string of the molecule is C#Cc1c(F)cc2c(ncn2C)c1F. The van der Waals surface area contributed by atoms with Gasteiger partial charge >= 0.3 is 0 Å². The molecule has 0 aliphatic rings. The molecule has 4 heteroatoms. The summed E-state index contributed by atoms with van der Waals surface area (Å²) < 4.78 is 28.2. The van der Waals surface area contributed by atoms with E-state index in [4.69, 9.17) is 6.42 Å². The van der Waals surface area contributed by atoms with E-state index in [2.05, 4.69) is 4.98 Å². The monoisotopic (exact) mass is 192 g/mol. The third-order valence-electron chi connectivity index (χ3n) is 2.06. The van der Waals surface area contributed by atoms with Crippen LogP contribution in [0.1, 0.15) is 5.56 Å². The van der Waals surface area contributed by atoms with Crippen LogP contribution >= 0.6 is 0 Å². The van der Waals surface area contributed by atoms with Gasteiger partial charge in [0.25, 0.3) is 0 Å². The summed E-state index contributed by atoms with van der Waals surface area (Å²) in [6, 6.07) is 1.18. The molecule has 2 aromatic rings. The van der Waals surface area contributed by atoms with E-state index < -0.39 is 11.6 Å². The maximum absolute atomic E-state index is 13.5. The van der Waals surface area contributed by atoms with Gasteiger partial charge in [0.1, 0.15) is 11.3 Å². The lowest BCUT2D eigenvalue weighted by atomic mass is 10.2. The number of aryl methyl sites for hydroxylation is 1. The first-order chi connectivity index (χ1) is 6.65. The molecule has 0 saturated heterocycles. The van der Waals surface area contributed by atoms with Gasteiger partial charge in [-0.2, -0.15) is 0 Å². The minimum Gasteiger partial charge on any atom is -0.334 e. The molecule has 0 radical (unpaired) electrons. The number of hydrogen-bond donors (Lipinski definition) is 0. The summed E-state index contributed by atoms with van der Waals surface area (Å²) in [5.74, 6) is 0.456. The van der Waals surface area contributed by atoms with Crippen LogP contribution in [-0.4, -0.2) is 9.55 Å². The Hall–Kier alpha value is -1.89. The summed E-state index contributed by atoms with van der Waals surface area (Å²) in [6.45, 7) is 0. The Morgan fingerprint density at radius 2 is 2.21 bits per heavy atom. The normalized spacial score (nSPS) is 10.4. The third kappa shape index (κ3) is 0.990. The van der Waals surface area contributed by atoms with Crippen LogP contribution < -0.4 is 0 Å². The second-order valence-corrected chi connectivity index (χ2v) is 2.91. The van der Waals surface area contributed by atoms with Gasteiger partial charge in [0.05, 0.1) is 17.4 Å². The molecule has 70 valence electrons. The van der Waals surface area contributed by atoms with Crippen LogP contribution in [0, 0.1) is 24.0 Å². The fraction of sp³-hybridized carbons (Fsp3) is 0.100. The summed E-state index contributed by atoms with van der Waals surface area (Å²) in [5.41, 5.74) is 0.122. The Kier molecular flexibility index (Phi) is 1.74. The third-order valence-corrected chi connectivity index (χ3v) is 2.06. The summed E-state index contributed by atoms with van der Waals surface area (Å²) in [4.78, 5) is 3.79. The van der Waals surface area contributed by atoms with Crippen molar-refractivity contribution in [1.82, 2.24) is 9.55 Å². The lowest BCUT2D eigenvalue weighted by molar-refractivity contribution is 0.584. The maximum atomic E-state index is 13.5. The molecule has 2 rings (SSSR count). The van der Waals surface area contributed by atoms with E-state index in [0.717, 1.165) is 0 Å². The van der Waals surface area contributed by atoms with E-state index in [1.807, 2.05) is 5.92 Å². The van der Waals surface area contributed by atoms with Gasteiger partial charge in [0, 0.05) is 13.1 Å². The van der Waals surface area contributed by atoms with Crippen LogP contribution in [0.2, 0.25) is 0 Å². The topological polar surface area (TPSA) is 17.8 Å². The van der Waals surface area contributed by atoms with Crippen LogP contribution in [0.5, 0.6) is 0 Å². The highest BCUT2D eigenvalue weighted by Gasteiger charge is 2.14. The molecular formula is C10H6F2N2.